The third-order valence-corrected chi connectivity index (χ3v) is 3.45. The molecule has 0 saturated heterocycles. The summed E-state index contributed by atoms with van der Waals surface area (Å²) < 4.78 is 11.2. The van der Waals surface area contributed by atoms with Crippen LogP contribution in [0, 0.1) is 0 Å². The van der Waals surface area contributed by atoms with Crippen LogP contribution in [0.1, 0.15) is 20.3 Å². The molecule has 0 aromatic heterocycles. The average Bonchev–Trinajstić information content (AvgIpc) is 2.39. The van der Waals surface area contributed by atoms with E-state index in [-0.39, 0.29) is 5.97 Å². The summed E-state index contributed by atoms with van der Waals surface area (Å²) in [4.78, 5) is 11.8. The lowest BCUT2D eigenvalue weighted by molar-refractivity contribution is -0.143. The molecule has 1 aromatic carbocycles. The minimum Gasteiger partial charge on any atom is -0.467 e. The monoisotopic (exact) mass is 329 g/mol. The van der Waals surface area contributed by atoms with Crippen molar-refractivity contribution in [3.05, 3.63) is 28.7 Å². The summed E-state index contributed by atoms with van der Waals surface area (Å²) in [6, 6.07) is 7.19. The van der Waals surface area contributed by atoms with E-state index >= 15 is 0 Å². The molecule has 0 spiro atoms. The number of carbonyl (C=O) groups is 1. The van der Waals surface area contributed by atoms with E-state index in [0.717, 1.165) is 10.2 Å². The van der Waals surface area contributed by atoms with E-state index in [9.17, 15) is 4.79 Å². The van der Waals surface area contributed by atoms with E-state index in [4.69, 9.17) is 9.47 Å². The van der Waals surface area contributed by atoms with Crippen molar-refractivity contribution in [3.8, 4) is 0 Å². The molecule has 1 atom stereocenters. The maximum absolute atomic E-state index is 11.8. The van der Waals surface area contributed by atoms with Crippen LogP contribution in [0.5, 0.6) is 0 Å². The van der Waals surface area contributed by atoms with Gasteiger partial charge in [0.2, 0.25) is 0 Å². The number of benzene rings is 1. The van der Waals surface area contributed by atoms with Gasteiger partial charge in [0.05, 0.1) is 12.7 Å². The molecule has 1 unspecified atom stereocenters. The molecule has 106 valence electrons. The van der Waals surface area contributed by atoms with Crippen molar-refractivity contribution in [2.45, 2.75) is 31.9 Å². The Morgan fingerprint density at radius 2 is 1.89 bits per heavy atom. The number of ether oxygens (including phenoxy) is 2. The highest BCUT2D eigenvalue weighted by atomic mass is 79.9. The zero-order chi connectivity index (χ0) is 14.5. The summed E-state index contributed by atoms with van der Waals surface area (Å²) in [6.45, 7) is 3.87. The lowest BCUT2D eigenvalue weighted by Gasteiger charge is -2.28. The zero-order valence-corrected chi connectivity index (χ0v) is 13.3. The summed E-state index contributed by atoms with van der Waals surface area (Å²) >= 11 is 3.37. The van der Waals surface area contributed by atoms with Crippen molar-refractivity contribution in [2.24, 2.45) is 0 Å². The summed E-state index contributed by atoms with van der Waals surface area (Å²) in [7, 11) is 3.02. The van der Waals surface area contributed by atoms with Gasteiger partial charge in [-0.2, -0.15) is 0 Å². The minimum absolute atomic E-state index is 0.298. The predicted octanol–water partition coefficient (Wildman–Crippen LogP) is 3.22. The summed E-state index contributed by atoms with van der Waals surface area (Å²) in [5, 5.41) is 3.17. The molecule has 0 aliphatic rings. The fourth-order valence-corrected chi connectivity index (χ4v) is 1.92. The molecule has 0 aliphatic carbocycles. The first kappa shape index (κ1) is 16.0. The molecule has 5 heteroatoms. The molecular weight excluding hydrogens is 310 g/mol. The van der Waals surface area contributed by atoms with E-state index in [0.29, 0.717) is 6.42 Å². The molecular formula is C14H20BrNO3. The Morgan fingerprint density at radius 3 is 2.37 bits per heavy atom. The second-order valence-electron chi connectivity index (χ2n) is 4.89. The van der Waals surface area contributed by atoms with Crippen LogP contribution in [-0.2, 0) is 14.3 Å². The Morgan fingerprint density at radius 1 is 1.32 bits per heavy atom. The van der Waals surface area contributed by atoms with Crippen LogP contribution in [0.15, 0.2) is 28.7 Å². The summed E-state index contributed by atoms with van der Waals surface area (Å²) in [5.41, 5.74) is 0.465. The largest absolute Gasteiger partial charge is 0.467 e. The molecule has 0 amide bonds. The predicted molar refractivity (Wildman–Crippen MR) is 79.3 cm³/mol. The molecule has 0 saturated carbocycles. The number of rotatable bonds is 6. The Hall–Kier alpha value is -1.07. The average molecular weight is 330 g/mol. The molecule has 1 aromatic rings. The highest BCUT2D eigenvalue weighted by molar-refractivity contribution is 9.10. The highest BCUT2D eigenvalue weighted by Crippen LogP contribution is 2.21. The van der Waals surface area contributed by atoms with E-state index in [2.05, 4.69) is 21.2 Å². The number of esters is 1. The number of halogens is 1. The van der Waals surface area contributed by atoms with Gasteiger partial charge in [-0.05, 0) is 38.1 Å². The highest BCUT2D eigenvalue weighted by Gasteiger charge is 2.28. The van der Waals surface area contributed by atoms with Crippen LogP contribution in [0.4, 0.5) is 5.69 Å². The summed E-state index contributed by atoms with van der Waals surface area (Å²) in [5.74, 6) is -0.298. The first-order chi connectivity index (χ1) is 8.88. The lowest BCUT2D eigenvalue weighted by atomic mass is 9.98. The fraction of sp³-hybridized carbons (Fsp3) is 0.500. The van der Waals surface area contributed by atoms with Gasteiger partial charge < -0.3 is 14.8 Å². The third-order valence-electron chi connectivity index (χ3n) is 2.92. The maximum Gasteiger partial charge on any atom is 0.328 e. The van der Waals surface area contributed by atoms with Crippen LogP contribution < -0.4 is 5.32 Å². The molecule has 19 heavy (non-hydrogen) atoms. The first-order valence-corrected chi connectivity index (χ1v) is 6.82. The van der Waals surface area contributed by atoms with Gasteiger partial charge >= 0.3 is 5.97 Å². The quantitative estimate of drug-likeness (QED) is 0.814. The van der Waals surface area contributed by atoms with Crippen molar-refractivity contribution >= 4 is 27.6 Å². The van der Waals surface area contributed by atoms with Crippen molar-refractivity contribution < 1.29 is 14.3 Å². The summed E-state index contributed by atoms with van der Waals surface area (Å²) in [6.07, 6.45) is 0.520. The molecule has 0 fully saturated rings. The third kappa shape index (κ3) is 5.20. The normalized spacial score (nSPS) is 12.9. The van der Waals surface area contributed by atoms with E-state index in [1.807, 2.05) is 38.1 Å². The molecule has 0 radical (unpaired) electrons. The van der Waals surface area contributed by atoms with Crippen molar-refractivity contribution in [1.29, 1.82) is 0 Å². The van der Waals surface area contributed by atoms with Gasteiger partial charge in [0, 0.05) is 23.7 Å². The Balaban J connectivity index is 2.80. The van der Waals surface area contributed by atoms with Gasteiger partial charge in [-0.3, -0.25) is 0 Å². The zero-order valence-electron chi connectivity index (χ0n) is 11.7. The Labute approximate surface area is 122 Å². The maximum atomic E-state index is 11.8. The van der Waals surface area contributed by atoms with Gasteiger partial charge in [-0.1, -0.05) is 15.9 Å². The molecule has 1 rings (SSSR count). The van der Waals surface area contributed by atoms with Crippen LogP contribution in [0.3, 0.4) is 0 Å². The van der Waals surface area contributed by atoms with E-state index in [1.165, 1.54) is 7.11 Å². The number of hydrogen-bond donors (Lipinski definition) is 1. The molecule has 1 N–H and O–H groups in total. The second-order valence-corrected chi connectivity index (χ2v) is 5.81. The molecule has 0 aliphatic heterocycles. The number of methoxy groups -OCH3 is 2. The standard InChI is InChI=1S/C14H20BrNO3/c1-14(2,19-4)9-12(13(17)18-3)16-11-7-5-10(15)6-8-11/h5-8,12,16H,9H2,1-4H3. The van der Waals surface area contributed by atoms with Gasteiger partial charge in [-0.25, -0.2) is 4.79 Å². The molecule has 4 nitrogen and oxygen atoms in total. The Kier molecular flexibility index (Phi) is 5.82. The van der Waals surface area contributed by atoms with Crippen LogP contribution in [0.2, 0.25) is 0 Å². The first-order valence-electron chi connectivity index (χ1n) is 6.03. The lowest BCUT2D eigenvalue weighted by Crippen LogP contribution is -2.39. The number of anilines is 1. The Bertz CT molecular complexity index is 417. The van der Waals surface area contributed by atoms with Gasteiger partial charge in [-0.15, -0.1) is 0 Å². The molecule has 0 heterocycles. The van der Waals surface area contributed by atoms with Crippen LogP contribution in [0.25, 0.3) is 0 Å². The van der Waals surface area contributed by atoms with Crippen molar-refractivity contribution in [3.63, 3.8) is 0 Å². The number of carbonyl (C=O) groups excluding carboxylic acids is 1. The number of nitrogens with one attached hydrogen (secondary N) is 1. The van der Waals surface area contributed by atoms with E-state index in [1.54, 1.807) is 7.11 Å². The number of hydrogen-bond acceptors (Lipinski definition) is 4. The SMILES string of the molecule is COC(=O)C(CC(C)(C)OC)Nc1ccc(Br)cc1. The minimum atomic E-state index is -0.443. The van der Waals surface area contributed by atoms with Crippen LogP contribution >= 0.6 is 15.9 Å². The van der Waals surface area contributed by atoms with Gasteiger partial charge in [0.15, 0.2) is 0 Å². The van der Waals surface area contributed by atoms with E-state index < -0.39 is 11.6 Å². The van der Waals surface area contributed by atoms with Crippen molar-refractivity contribution in [2.75, 3.05) is 19.5 Å². The van der Waals surface area contributed by atoms with Crippen LogP contribution in [-0.4, -0.2) is 31.8 Å². The second kappa shape index (κ2) is 6.91. The van der Waals surface area contributed by atoms with Gasteiger partial charge in [0.1, 0.15) is 6.04 Å². The molecule has 0 bridgehead atoms. The fourth-order valence-electron chi connectivity index (χ4n) is 1.66. The smallest absolute Gasteiger partial charge is 0.328 e. The van der Waals surface area contributed by atoms with Gasteiger partial charge in [0.25, 0.3) is 0 Å². The topological polar surface area (TPSA) is 47.6 Å². The van der Waals surface area contributed by atoms with Crippen molar-refractivity contribution in [1.82, 2.24) is 0 Å².